The molecule has 0 amide bonds. The van der Waals surface area contributed by atoms with Crippen LogP contribution in [0.2, 0.25) is 0 Å². The second-order valence-electron chi connectivity index (χ2n) is 5.19. The summed E-state index contributed by atoms with van der Waals surface area (Å²) < 4.78 is 5.69. The van der Waals surface area contributed by atoms with E-state index in [2.05, 4.69) is 43.1 Å². The van der Waals surface area contributed by atoms with E-state index in [4.69, 9.17) is 10.5 Å². The van der Waals surface area contributed by atoms with Crippen molar-refractivity contribution < 1.29 is 4.74 Å². The van der Waals surface area contributed by atoms with Gasteiger partial charge < -0.3 is 15.4 Å². The van der Waals surface area contributed by atoms with Crippen LogP contribution in [0, 0.1) is 0 Å². The summed E-state index contributed by atoms with van der Waals surface area (Å²) in [4.78, 5) is 2.18. The third kappa shape index (κ3) is 4.15. The molecule has 0 spiro atoms. The first-order chi connectivity index (χ1) is 10.2. The first-order valence-electron chi connectivity index (χ1n) is 7.48. The molecule has 0 heterocycles. The van der Waals surface area contributed by atoms with Crippen molar-refractivity contribution in [3.8, 4) is 5.75 Å². The molecule has 0 aliphatic carbocycles. The first-order valence-corrected chi connectivity index (χ1v) is 7.48. The normalized spacial score (nSPS) is 10.4. The van der Waals surface area contributed by atoms with Crippen LogP contribution in [0.4, 0.5) is 11.4 Å². The van der Waals surface area contributed by atoms with Crippen LogP contribution in [0.25, 0.3) is 0 Å². The Labute approximate surface area is 127 Å². The number of nitrogen functional groups attached to an aromatic ring is 1. The molecule has 112 valence electrons. The van der Waals surface area contributed by atoms with E-state index in [-0.39, 0.29) is 0 Å². The Bertz CT molecular complexity index is 554. The molecular weight excluding hydrogens is 260 g/mol. The van der Waals surface area contributed by atoms with E-state index < -0.39 is 0 Å². The first kappa shape index (κ1) is 15.2. The van der Waals surface area contributed by atoms with Gasteiger partial charge in [-0.15, -0.1) is 0 Å². The minimum absolute atomic E-state index is 0.696. The molecule has 0 fully saturated rings. The number of ether oxygens (including phenoxy) is 1. The minimum Gasteiger partial charge on any atom is -0.491 e. The molecule has 0 atom stereocenters. The zero-order valence-corrected chi connectivity index (χ0v) is 12.9. The van der Waals surface area contributed by atoms with Gasteiger partial charge in [0.25, 0.3) is 0 Å². The van der Waals surface area contributed by atoms with Crippen LogP contribution in [0.1, 0.15) is 18.9 Å². The van der Waals surface area contributed by atoms with Gasteiger partial charge in [-0.1, -0.05) is 43.3 Å². The van der Waals surface area contributed by atoms with Crippen LogP contribution in [-0.2, 0) is 6.42 Å². The van der Waals surface area contributed by atoms with Crippen molar-refractivity contribution >= 4 is 11.4 Å². The maximum absolute atomic E-state index is 6.23. The average Bonchev–Trinajstić information content (AvgIpc) is 2.52. The van der Waals surface area contributed by atoms with Gasteiger partial charge in [-0.3, -0.25) is 0 Å². The lowest BCUT2D eigenvalue weighted by Crippen LogP contribution is -2.21. The number of benzene rings is 2. The van der Waals surface area contributed by atoms with Gasteiger partial charge in [0.05, 0.1) is 18.0 Å². The van der Waals surface area contributed by atoms with Gasteiger partial charge in [-0.2, -0.15) is 0 Å². The average molecular weight is 284 g/mol. The summed E-state index contributed by atoms with van der Waals surface area (Å²) in [5, 5.41) is 0. The second-order valence-corrected chi connectivity index (χ2v) is 5.19. The van der Waals surface area contributed by atoms with E-state index in [9.17, 15) is 0 Å². The summed E-state index contributed by atoms with van der Waals surface area (Å²) in [6.45, 7) is 3.71. The Kier molecular flexibility index (Phi) is 5.50. The third-order valence-electron chi connectivity index (χ3n) is 3.49. The molecule has 0 unspecified atom stereocenters. The number of para-hydroxylation sites is 1. The highest BCUT2D eigenvalue weighted by Gasteiger charge is 2.10. The fourth-order valence-electron chi connectivity index (χ4n) is 2.27. The molecule has 2 aromatic carbocycles. The molecule has 0 saturated carbocycles. The number of hydrogen-bond acceptors (Lipinski definition) is 3. The van der Waals surface area contributed by atoms with Crippen LogP contribution in [0.5, 0.6) is 5.75 Å². The highest BCUT2D eigenvalue weighted by atomic mass is 16.5. The lowest BCUT2D eigenvalue weighted by Gasteiger charge is -2.22. The minimum atomic E-state index is 0.696. The highest BCUT2D eigenvalue weighted by Crippen LogP contribution is 2.31. The van der Waals surface area contributed by atoms with E-state index in [1.165, 1.54) is 5.56 Å². The molecule has 2 N–H and O–H groups in total. The molecule has 0 saturated heterocycles. The summed E-state index contributed by atoms with van der Waals surface area (Å²) >= 11 is 0. The fraction of sp³-hybridized carbons (Fsp3) is 0.333. The standard InChI is InChI=1S/C18H24N2O/c1-3-14-21-17-11-7-10-16(18(17)19)20(2)13-12-15-8-5-4-6-9-15/h4-11H,3,12-14,19H2,1-2H3. The topological polar surface area (TPSA) is 38.5 Å². The SMILES string of the molecule is CCCOc1cccc(N(C)CCc2ccccc2)c1N. The van der Waals surface area contributed by atoms with E-state index in [0.717, 1.165) is 36.5 Å². The predicted octanol–water partition coefficient (Wildman–Crippen LogP) is 3.74. The molecule has 0 radical (unpaired) electrons. The lowest BCUT2D eigenvalue weighted by atomic mass is 10.1. The Balaban J connectivity index is 2.03. The summed E-state index contributed by atoms with van der Waals surface area (Å²) in [6.07, 6.45) is 1.98. The number of likely N-dealkylation sites (N-methyl/N-ethyl adjacent to an activating group) is 1. The summed E-state index contributed by atoms with van der Waals surface area (Å²) in [7, 11) is 2.07. The third-order valence-corrected chi connectivity index (χ3v) is 3.49. The molecule has 2 aromatic rings. The maximum atomic E-state index is 6.23. The van der Waals surface area contributed by atoms with Crippen LogP contribution < -0.4 is 15.4 Å². The molecule has 21 heavy (non-hydrogen) atoms. The molecule has 2 rings (SSSR count). The number of nitrogens with zero attached hydrogens (tertiary/aromatic N) is 1. The summed E-state index contributed by atoms with van der Waals surface area (Å²) in [5.41, 5.74) is 9.31. The Morgan fingerprint density at radius 2 is 1.81 bits per heavy atom. The zero-order valence-electron chi connectivity index (χ0n) is 12.9. The van der Waals surface area contributed by atoms with Crippen molar-refractivity contribution in [2.75, 3.05) is 30.8 Å². The van der Waals surface area contributed by atoms with Gasteiger partial charge in [-0.25, -0.2) is 0 Å². The summed E-state index contributed by atoms with van der Waals surface area (Å²) in [5.74, 6) is 0.779. The van der Waals surface area contributed by atoms with Crippen molar-refractivity contribution in [3.63, 3.8) is 0 Å². The molecule has 3 heteroatoms. The smallest absolute Gasteiger partial charge is 0.144 e. The van der Waals surface area contributed by atoms with E-state index in [1.807, 2.05) is 24.3 Å². The number of hydrogen-bond donors (Lipinski definition) is 1. The van der Waals surface area contributed by atoms with Crippen LogP contribution >= 0.6 is 0 Å². The maximum Gasteiger partial charge on any atom is 0.144 e. The highest BCUT2D eigenvalue weighted by molar-refractivity contribution is 5.73. The monoisotopic (exact) mass is 284 g/mol. The Hall–Kier alpha value is -2.16. The van der Waals surface area contributed by atoms with E-state index in [0.29, 0.717) is 6.61 Å². The Morgan fingerprint density at radius 3 is 2.52 bits per heavy atom. The number of rotatable bonds is 7. The van der Waals surface area contributed by atoms with E-state index >= 15 is 0 Å². The molecule has 0 aliphatic rings. The number of anilines is 2. The van der Waals surface area contributed by atoms with Crippen molar-refractivity contribution in [1.29, 1.82) is 0 Å². The molecular formula is C18H24N2O. The zero-order chi connectivity index (χ0) is 15.1. The van der Waals surface area contributed by atoms with Gasteiger partial charge in [0.2, 0.25) is 0 Å². The van der Waals surface area contributed by atoms with Gasteiger partial charge in [0.1, 0.15) is 5.75 Å². The van der Waals surface area contributed by atoms with Gasteiger partial charge in [0.15, 0.2) is 0 Å². The van der Waals surface area contributed by atoms with Gasteiger partial charge in [0, 0.05) is 13.6 Å². The lowest BCUT2D eigenvalue weighted by molar-refractivity contribution is 0.319. The quantitative estimate of drug-likeness (QED) is 0.787. The van der Waals surface area contributed by atoms with Crippen molar-refractivity contribution in [1.82, 2.24) is 0 Å². The second kappa shape index (κ2) is 7.58. The predicted molar refractivity (Wildman–Crippen MR) is 90.1 cm³/mol. The van der Waals surface area contributed by atoms with Gasteiger partial charge >= 0.3 is 0 Å². The molecule has 0 bridgehead atoms. The van der Waals surface area contributed by atoms with E-state index in [1.54, 1.807) is 0 Å². The molecule has 0 aliphatic heterocycles. The van der Waals surface area contributed by atoms with Crippen molar-refractivity contribution in [3.05, 3.63) is 54.1 Å². The molecule has 3 nitrogen and oxygen atoms in total. The van der Waals surface area contributed by atoms with Crippen molar-refractivity contribution in [2.45, 2.75) is 19.8 Å². The summed E-state index contributed by atoms with van der Waals surface area (Å²) in [6, 6.07) is 16.5. The number of nitrogens with two attached hydrogens (primary N) is 1. The van der Waals surface area contributed by atoms with Crippen LogP contribution in [0.3, 0.4) is 0 Å². The van der Waals surface area contributed by atoms with Gasteiger partial charge in [-0.05, 0) is 30.5 Å². The van der Waals surface area contributed by atoms with Crippen LogP contribution in [0.15, 0.2) is 48.5 Å². The Morgan fingerprint density at radius 1 is 1.05 bits per heavy atom. The fourth-order valence-corrected chi connectivity index (χ4v) is 2.27. The molecule has 0 aromatic heterocycles. The van der Waals surface area contributed by atoms with Crippen LogP contribution in [-0.4, -0.2) is 20.2 Å². The van der Waals surface area contributed by atoms with Crippen molar-refractivity contribution in [2.24, 2.45) is 0 Å². The largest absolute Gasteiger partial charge is 0.491 e.